The molecule has 1 aromatic rings. The van der Waals surface area contributed by atoms with E-state index in [1.54, 1.807) is 6.07 Å². The minimum Gasteiger partial charge on any atom is -0.490 e. The molecule has 1 amide bonds. The third-order valence-electron chi connectivity index (χ3n) is 4.03. The van der Waals surface area contributed by atoms with Crippen LogP contribution < -0.4 is 14.8 Å². The molecule has 1 aliphatic heterocycles. The van der Waals surface area contributed by atoms with Crippen LogP contribution in [0.25, 0.3) is 0 Å². The van der Waals surface area contributed by atoms with Crippen LogP contribution in [0.4, 0.5) is 5.69 Å². The summed E-state index contributed by atoms with van der Waals surface area (Å²) in [4.78, 5) is 14.3. The van der Waals surface area contributed by atoms with Crippen molar-refractivity contribution in [1.29, 1.82) is 0 Å². The number of carbonyl (C=O) groups excluding carboxylic acids is 1. The fourth-order valence-electron chi connectivity index (χ4n) is 2.94. The van der Waals surface area contributed by atoms with E-state index in [1.165, 1.54) is 6.42 Å². The van der Waals surface area contributed by atoms with E-state index in [0.29, 0.717) is 36.9 Å². The summed E-state index contributed by atoms with van der Waals surface area (Å²) in [6, 6.07) is 5.45. The van der Waals surface area contributed by atoms with E-state index in [0.717, 1.165) is 26.0 Å². The average Bonchev–Trinajstić information content (AvgIpc) is 2.58. The number of hydrogen-bond acceptors (Lipinski definition) is 5. The molecule has 1 fully saturated rings. The summed E-state index contributed by atoms with van der Waals surface area (Å²) < 4.78 is 16.9. The lowest BCUT2D eigenvalue weighted by molar-refractivity contribution is -0.117. The molecule has 0 saturated carbocycles. The Balaban J connectivity index is 1.87. The molecule has 6 heteroatoms. The first-order valence-corrected chi connectivity index (χ1v) is 9.12. The van der Waals surface area contributed by atoms with Crippen LogP contribution in [-0.4, -0.2) is 56.9 Å². The monoisotopic (exact) mass is 350 g/mol. The molecule has 1 heterocycles. The fraction of sp³-hybridized carbons (Fsp3) is 0.632. The number of anilines is 1. The van der Waals surface area contributed by atoms with Crippen LogP contribution in [-0.2, 0) is 9.53 Å². The highest BCUT2D eigenvalue weighted by molar-refractivity contribution is 5.92. The van der Waals surface area contributed by atoms with Crippen LogP contribution >= 0.6 is 0 Å². The van der Waals surface area contributed by atoms with Crippen LogP contribution in [0.15, 0.2) is 18.2 Å². The minimum atomic E-state index is -0.0510. The zero-order valence-electron chi connectivity index (χ0n) is 15.5. The highest BCUT2D eigenvalue weighted by Crippen LogP contribution is 2.30. The second-order valence-electron chi connectivity index (χ2n) is 6.26. The highest BCUT2D eigenvalue weighted by Gasteiger charge is 2.17. The Hall–Kier alpha value is -1.79. The van der Waals surface area contributed by atoms with E-state index in [2.05, 4.69) is 5.32 Å². The van der Waals surface area contributed by atoms with Crippen molar-refractivity contribution in [2.75, 3.05) is 45.3 Å². The maximum atomic E-state index is 12.3. The first-order chi connectivity index (χ1) is 12.1. The summed E-state index contributed by atoms with van der Waals surface area (Å²) in [6.07, 6.45) is 3.65. The van der Waals surface area contributed by atoms with Crippen molar-refractivity contribution in [2.24, 2.45) is 0 Å². The number of nitrogens with zero attached hydrogens (tertiary/aromatic N) is 1. The van der Waals surface area contributed by atoms with Gasteiger partial charge in [-0.1, -0.05) is 0 Å². The molecule has 0 spiro atoms. The average molecular weight is 350 g/mol. The van der Waals surface area contributed by atoms with Gasteiger partial charge in [-0.3, -0.25) is 9.69 Å². The molecule has 25 heavy (non-hydrogen) atoms. The summed E-state index contributed by atoms with van der Waals surface area (Å²) in [5.74, 6) is 1.28. The SMILES string of the molecule is CCOc1ccc(NC(=O)CN(C)C[C@@H]2CCCCO2)cc1OCC. The number of hydrogen-bond donors (Lipinski definition) is 1. The van der Waals surface area contributed by atoms with E-state index < -0.39 is 0 Å². The third kappa shape index (κ3) is 6.55. The van der Waals surface area contributed by atoms with Crippen LogP contribution in [0.5, 0.6) is 11.5 Å². The van der Waals surface area contributed by atoms with Crippen molar-refractivity contribution in [1.82, 2.24) is 4.90 Å². The van der Waals surface area contributed by atoms with Gasteiger partial charge in [0.25, 0.3) is 0 Å². The Morgan fingerprint density at radius 2 is 2.00 bits per heavy atom. The Labute approximate surface area is 150 Å². The highest BCUT2D eigenvalue weighted by atomic mass is 16.5. The Kier molecular flexibility index (Phi) is 8.01. The van der Waals surface area contributed by atoms with Crippen LogP contribution in [0.2, 0.25) is 0 Å². The van der Waals surface area contributed by atoms with E-state index in [-0.39, 0.29) is 12.0 Å². The molecule has 0 bridgehead atoms. The Bertz CT molecular complexity index is 544. The molecule has 0 aromatic heterocycles. The predicted molar refractivity (Wildman–Crippen MR) is 98.5 cm³/mol. The number of nitrogens with one attached hydrogen (secondary N) is 1. The van der Waals surface area contributed by atoms with Gasteiger partial charge < -0.3 is 19.5 Å². The van der Waals surface area contributed by atoms with Gasteiger partial charge in [-0.25, -0.2) is 0 Å². The van der Waals surface area contributed by atoms with E-state index in [4.69, 9.17) is 14.2 Å². The summed E-state index contributed by atoms with van der Waals surface area (Å²) in [5.41, 5.74) is 0.708. The smallest absolute Gasteiger partial charge is 0.238 e. The molecule has 0 aliphatic carbocycles. The standard InChI is InChI=1S/C19H30N2O4/c1-4-23-17-10-9-15(12-18(17)24-5-2)20-19(22)14-21(3)13-16-8-6-7-11-25-16/h9-10,12,16H,4-8,11,13-14H2,1-3H3,(H,20,22)/t16-/m0/s1. The fourth-order valence-corrected chi connectivity index (χ4v) is 2.94. The summed E-state index contributed by atoms with van der Waals surface area (Å²) in [7, 11) is 1.95. The third-order valence-corrected chi connectivity index (χ3v) is 4.03. The molecule has 1 N–H and O–H groups in total. The molecule has 0 radical (unpaired) electrons. The predicted octanol–water partition coefficient (Wildman–Crippen LogP) is 2.92. The normalized spacial score (nSPS) is 17.4. The van der Waals surface area contributed by atoms with Gasteiger partial charge in [-0.2, -0.15) is 0 Å². The first-order valence-electron chi connectivity index (χ1n) is 9.12. The van der Waals surface area contributed by atoms with E-state index >= 15 is 0 Å². The lowest BCUT2D eigenvalue weighted by Crippen LogP contribution is -2.37. The zero-order chi connectivity index (χ0) is 18.1. The first kappa shape index (κ1) is 19.5. The summed E-state index contributed by atoms with van der Waals surface area (Å²) >= 11 is 0. The van der Waals surface area contributed by atoms with Gasteiger partial charge in [-0.05, 0) is 52.3 Å². The van der Waals surface area contributed by atoms with Gasteiger partial charge in [0, 0.05) is 24.9 Å². The molecular weight excluding hydrogens is 320 g/mol. The molecule has 1 aliphatic rings. The summed E-state index contributed by atoms with van der Waals surface area (Å²) in [5, 5.41) is 2.92. The molecule has 1 atom stereocenters. The van der Waals surface area contributed by atoms with Crippen LogP contribution in [0, 0.1) is 0 Å². The van der Waals surface area contributed by atoms with E-state index in [9.17, 15) is 4.79 Å². The van der Waals surface area contributed by atoms with Crippen molar-refractivity contribution >= 4 is 11.6 Å². The number of likely N-dealkylation sites (N-methyl/N-ethyl adjacent to an activating group) is 1. The zero-order valence-corrected chi connectivity index (χ0v) is 15.5. The van der Waals surface area contributed by atoms with Crippen molar-refractivity contribution in [3.8, 4) is 11.5 Å². The van der Waals surface area contributed by atoms with Gasteiger partial charge in [0.2, 0.25) is 5.91 Å². The molecule has 6 nitrogen and oxygen atoms in total. The summed E-state index contributed by atoms with van der Waals surface area (Å²) in [6.45, 7) is 6.90. The number of benzene rings is 1. The maximum Gasteiger partial charge on any atom is 0.238 e. The van der Waals surface area contributed by atoms with Crippen molar-refractivity contribution in [2.45, 2.75) is 39.2 Å². The minimum absolute atomic E-state index is 0.0510. The lowest BCUT2D eigenvalue weighted by atomic mass is 10.1. The number of carbonyl (C=O) groups is 1. The van der Waals surface area contributed by atoms with Crippen molar-refractivity contribution < 1.29 is 19.0 Å². The van der Waals surface area contributed by atoms with Crippen molar-refractivity contribution in [3.63, 3.8) is 0 Å². The Morgan fingerprint density at radius 1 is 1.24 bits per heavy atom. The maximum absolute atomic E-state index is 12.3. The second-order valence-corrected chi connectivity index (χ2v) is 6.26. The van der Waals surface area contributed by atoms with Gasteiger partial charge in [0.1, 0.15) is 0 Å². The van der Waals surface area contributed by atoms with E-state index in [1.807, 2.05) is 37.9 Å². The molecular formula is C19H30N2O4. The molecule has 0 unspecified atom stereocenters. The topological polar surface area (TPSA) is 60.0 Å². The van der Waals surface area contributed by atoms with Crippen LogP contribution in [0.3, 0.4) is 0 Å². The largest absolute Gasteiger partial charge is 0.490 e. The molecule has 1 saturated heterocycles. The lowest BCUT2D eigenvalue weighted by Gasteiger charge is -2.27. The number of amides is 1. The van der Waals surface area contributed by atoms with Gasteiger partial charge in [-0.15, -0.1) is 0 Å². The van der Waals surface area contributed by atoms with Crippen LogP contribution in [0.1, 0.15) is 33.1 Å². The van der Waals surface area contributed by atoms with Crippen molar-refractivity contribution in [3.05, 3.63) is 18.2 Å². The number of rotatable bonds is 9. The molecule has 140 valence electrons. The van der Waals surface area contributed by atoms with Gasteiger partial charge in [0.15, 0.2) is 11.5 Å². The quantitative estimate of drug-likeness (QED) is 0.742. The van der Waals surface area contributed by atoms with Gasteiger partial charge >= 0.3 is 0 Å². The molecule has 1 aromatic carbocycles. The van der Waals surface area contributed by atoms with Gasteiger partial charge in [0.05, 0.1) is 25.9 Å². The number of ether oxygens (including phenoxy) is 3. The Morgan fingerprint density at radius 3 is 2.68 bits per heavy atom. The molecule has 2 rings (SSSR count). The second kappa shape index (κ2) is 10.3.